The summed E-state index contributed by atoms with van der Waals surface area (Å²) >= 11 is 0. The van der Waals surface area contributed by atoms with Crippen LogP contribution in [0.3, 0.4) is 0 Å². The van der Waals surface area contributed by atoms with Gasteiger partial charge in [-0.3, -0.25) is 9.52 Å². The Labute approximate surface area is 143 Å². The van der Waals surface area contributed by atoms with E-state index >= 15 is 0 Å². The number of nitrogens with zero attached hydrogens (tertiary/aromatic N) is 1. The molecule has 9 heteroatoms. The maximum atomic E-state index is 12.2. The fraction of sp³-hybridized carbons (Fsp3) is 0. The molecule has 8 nitrogen and oxygen atoms in total. The molecule has 0 aromatic heterocycles. The lowest BCUT2D eigenvalue weighted by Crippen LogP contribution is -2.37. The first kappa shape index (κ1) is 16.5. The van der Waals surface area contributed by atoms with Crippen LogP contribution >= 0.6 is 0 Å². The van der Waals surface area contributed by atoms with Crippen molar-refractivity contribution in [3.05, 3.63) is 65.4 Å². The first-order valence-corrected chi connectivity index (χ1v) is 8.55. The van der Waals surface area contributed by atoms with Crippen LogP contribution in [-0.4, -0.2) is 30.8 Å². The van der Waals surface area contributed by atoms with E-state index in [1.807, 2.05) is 4.72 Å². The van der Waals surface area contributed by atoms with Crippen LogP contribution in [0.1, 0.15) is 11.1 Å². The van der Waals surface area contributed by atoms with Gasteiger partial charge in [0.25, 0.3) is 15.9 Å². The number of rotatable bonds is 3. The van der Waals surface area contributed by atoms with Crippen LogP contribution < -0.4 is 10.1 Å². The summed E-state index contributed by atoms with van der Waals surface area (Å²) in [6.45, 7) is 0. The van der Waals surface area contributed by atoms with E-state index in [4.69, 9.17) is 0 Å². The van der Waals surface area contributed by atoms with Crippen molar-refractivity contribution in [1.82, 2.24) is 10.1 Å². The molecule has 0 aliphatic carbocycles. The Morgan fingerprint density at radius 3 is 2.52 bits per heavy atom. The van der Waals surface area contributed by atoms with Crippen molar-refractivity contribution in [3.8, 4) is 5.75 Å². The summed E-state index contributed by atoms with van der Waals surface area (Å²) in [6.07, 6.45) is 1.19. The minimum atomic E-state index is -3.97. The molecule has 0 unspecified atom stereocenters. The molecule has 1 heterocycles. The standard InChI is InChI=1S/C16H13N3O5S/c20-12-7-3-1-5-10(12)9-17-18-16(22)14-15(21)11-6-2-4-8-13(11)25(23,24)19-14/h1-9,19-21H,(H,18,22)/b17-9+. The Hall–Kier alpha value is -3.33. The molecule has 2 aromatic rings. The van der Waals surface area contributed by atoms with Crippen LogP contribution in [0.5, 0.6) is 5.75 Å². The minimum absolute atomic E-state index is 0.0242. The predicted octanol–water partition coefficient (Wildman–Crippen LogP) is 1.06. The number of aliphatic hydroxyl groups excluding tert-OH is 1. The molecule has 0 bridgehead atoms. The van der Waals surface area contributed by atoms with E-state index in [1.165, 1.54) is 30.5 Å². The number of para-hydroxylation sites is 1. The summed E-state index contributed by atoms with van der Waals surface area (Å²) in [4.78, 5) is 12.0. The summed E-state index contributed by atoms with van der Waals surface area (Å²) in [5, 5.41) is 23.4. The molecule has 2 aromatic carbocycles. The number of benzene rings is 2. The molecule has 0 radical (unpaired) electrons. The summed E-state index contributed by atoms with van der Waals surface area (Å²) in [6, 6.07) is 12.1. The molecule has 1 amide bonds. The van der Waals surface area contributed by atoms with Crippen molar-refractivity contribution in [2.75, 3.05) is 0 Å². The summed E-state index contributed by atoms with van der Waals surface area (Å²) in [5.74, 6) is -1.47. The second kappa shape index (κ2) is 6.29. The third-order valence-electron chi connectivity index (χ3n) is 3.44. The van der Waals surface area contributed by atoms with Crippen molar-refractivity contribution >= 4 is 27.9 Å². The van der Waals surface area contributed by atoms with Gasteiger partial charge in [0.2, 0.25) is 0 Å². The van der Waals surface area contributed by atoms with Gasteiger partial charge in [-0.2, -0.15) is 5.10 Å². The van der Waals surface area contributed by atoms with E-state index in [-0.39, 0.29) is 16.2 Å². The summed E-state index contributed by atoms with van der Waals surface area (Å²) < 4.78 is 26.4. The average Bonchev–Trinajstić information content (AvgIpc) is 2.60. The van der Waals surface area contributed by atoms with E-state index in [2.05, 4.69) is 10.5 Å². The average molecular weight is 359 g/mol. The van der Waals surface area contributed by atoms with Gasteiger partial charge < -0.3 is 10.2 Å². The monoisotopic (exact) mass is 359 g/mol. The summed E-state index contributed by atoms with van der Waals surface area (Å²) in [5.41, 5.74) is 1.95. The second-order valence-electron chi connectivity index (χ2n) is 5.08. The number of hydrogen-bond acceptors (Lipinski definition) is 6. The topological polar surface area (TPSA) is 128 Å². The zero-order valence-corrected chi connectivity index (χ0v) is 13.5. The number of carbonyl (C=O) groups excluding carboxylic acids is 1. The van der Waals surface area contributed by atoms with Gasteiger partial charge in [-0.1, -0.05) is 24.3 Å². The number of fused-ring (bicyclic) bond motifs is 1. The highest BCUT2D eigenvalue weighted by atomic mass is 32.2. The second-order valence-corrected chi connectivity index (χ2v) is 6.73. The quantitative estimate of drug-likeness (QED) is 0.481. The van der Waals surface area contributed by atoms with Crippen LogP contribution in [0.15, 0.2) is 64.2 Å². The highest BCUT2D eigenvalue weighted by molar-refractivity contribution is 7.89. The third-order valence-corrected chi connectivity index (χ3v) is 4.85. The number of aliphatic hydroxyl groups is 1. The van der Waals surface area contributed by atoms with Crippen LogP contribution in [0.25, 0.3) is 5.76 Å². The Balaban J connectivity index is 1.87. The van der Waals surface area contributed by atoms with Crippen molar-refractivity contribution in [1.29, 1.82) is 0 Å². The maximum Gasteiger partial charge on any atom is 0.292 e. The van der Waals surface area contributed by atoms with Gasteiger partial charge in [0.05, 0.1) is 11.1 Å². The smallest absolute Gasteiger partial charge is 0.292 e. The van der Waals surface area contributed by atoms with Crippen LogP contribution in [-0.2, 0) is 14.8 Å². The van der Waals surface area contributed by atoms with E-state index < -0.39 is 27.4 Å². The number of phenolic OH excluding ortho intramolecular Hbond substituents is 1. The largest absolute Gasteiger partial charge is 0.507 e. The molecule has 128 valence electrons. The predicted molar refractivity (Wildman–Crippen MR) is 90.2 cm³/mol. The van der Waals surface area contributed by atoms with Gasteiger partial charge in [-0.25, -0.2) is 13.8 Å². The molecule has 0 saturated carbocycles. The normalized spacial score (nSPS) is 15.5. The lowest BCUT2D eigenvalue weighted by atomic mass is 10.1. The van der Waals surface area contributed by atoms with E-state index in [0.29, 0.717) is 5.56 Å². The number of carbonyl (C=O) groups is 1. The van der Waals surface area contributed by atoms with Gasteiger partial charge in [0, 0.05) is 11.1 Å². The van der Waals surface area contributed by atoms with E-state index in [1.54, 1.807) is 24.3 Å². The highest BCUT2D eigenvalue weighted by Gasteiger charge is 2.32. The Morgan fingerprint density at radius 1 is 1.08 bits per heavy atom. The Bertz CT molecular complexity index is 1010. The molecule has 0 atom stereocenters. The molecular weight excluding hydrogens is 346 g/mol. The lowest BCUT2D eigenvalue weighted by Gasteiger charge is -2.20. The molecule has 0 spiro atoms. The number of nitrogens with one attached hydrogen (secondary N) is 2. The first-order valence-electron chi connectivity index (χ1n) is 7.07. The molecule has 0 saturated heterocycles. The molecule has 1 aliphatic heterocycles. The Morgan fingerprint density at radius 2 is 1.76 bits per heavy atom. The number of aromatic hydroxyl groups is 1. The number of hydrogen-bond donors (Lipinski definition) is 4. The fourth-order valence-corrected chi connectivity index (χ4v) is 3.52. The fourth-order valence-electron chi connectivity index (χ4n) is 2.24. The van der Waals surface area contributed by atoms with E-state index in [9.17, 15) is 23.4 Å². The molecular formula is C16H13N3O5S. The van der Waals surface area contributed by atoms with E-state index in [0.717, 1.165) is 0 Å². The van der Waals surface area contributed by atoms with Crippen LogP contribution in [0.4, 0.5) is 0 Å². The SMILES string of the molecule is O=C(N/N=C/c1ccccc1O)C1=C(O)c2ccccc2S(=O)(=O)N1. The minimum Gasteiger partial charge on any atom is -0.507 e. The molecule has 3 rings (SSSR count). The molecule has 0 fully saturated rings. The zero-order chi connectivity index (χ0) is 18.0. The third kappa shape index (κ3) is 3.17. The lowest BCUT2D eigenvalue weighted by molar-refractivity contribution is -0.117. The van der Waals surface area contributed by atoms with Crippen LogP contribution in [0.2, 0.25) is 0 Å². The number of phenols is 1. The van der Waals surface area contributed by atoms with Gasteiger partial charge >= 0.3 is 0 Å². The number of amides is 1. The van der Waals surface area contributed by atoms with Crippen molar-refractivity contribution in [2.24, 2.45) is 5.10 Å². The first-order chi connectivity index (χ1) is 11.9. The highest BCUT2D eigenvalue weighted by Crippen LogP contribution is 2.28. The van der Waals surface area contributed by atoms with Crippen molar-refractivity contribution < 1.29 is 23.4 Å². The zero-order valence-electron chi connectivity index (χ0n) is 12.7. The molecule has 1 aliphatic rings. The Kier molecular flexibility index (Phi) is 4.15. The van der Waals surface area contributed by atoms with Gasteiger partial charge in [-0.15, -0.1) is 0 Å². The molecule has 25 heavy (non-hydrogen) atoms. The van der Waals surface area contributed by atoms with Crippen molar-refractivity contribution in [3.63, 3.8) is 0 Å². The molecule has 4 N–H and O–H groups in total. The van der Waals surface area contributed by atoms with Crippen molar-refractivity contribution in [2.45, 2.75) is 4.90 Å². The van der Waals surface area contributed by atoms with Gasteiger partial charge in [-0.05, 0) is 24.3 Å². The van der Waals surface area contributed by atoms with Gasteiger partial charge in [0.1, 0.15) is 5.75 Å². The van der Waals surface area contributed by atoms with Gasteiger partial charge in [0.15, 0.2) is 11.5 Å². The van der Waals surface area contributed by atoms with Crippen LogP contribution in [0, 0.1) is 0 Å². The number of hydrazone groups is 1. The maximum absolute atomic E-state index is 12.2. The number of sulfonamides is 1. The summed E-state index contributed by atoms with van der Waals surface area (Å²) in [7, 11) is -3.97.